The summed E-state index contributed by atoms with van der Waals surface area (Å²) >= 11 is 0. The second kappa shape index (κ2) is 4.98. The maximum atomic E-state index is 12.5. The summed E-state index contributed by atoms with van der Waals surface area (Å²) < 4.78 is 28.1. The molecule has 1 saturated heterocycles. The highest BCUT2D eigenvalue weighted by Crippen LogP contribution is 2.62. The molecule has 3 heterocycles. The molecular weight excluding hydrogens is 328 g/mol. The van der Waals surface area contributed by atoms with Crippen molar-refractivity contribution < 1.29 is 33.3 Å². The lowest BCUT2D eigenvalue weighted by molar-refractivity contribution is -0.159. The Morgan fingerprint density at radius 2 is 1.28 bits per heavy atom. The van der Waals surface area contributed by atoms with Crippen LogP contribution in [0.3, 0.4) is 0 Å². The monoisotopic (exact) mass is 346 g/mol. The van der Waals surface area contributed by atoms with Gasteiger partial charge >= 0.3 is 11.9 Å². The van der Waals surface area contributed by atoms with E-state index in [1.54, 1.807) is 26.0 Å². The smallest absolute Gasteiger partial charge is 0.313 e. The first-order valence-corrected chi connectivity index (χ1v) is 7.92. The Balaban J connectivity index is 1.88. The van der Waals surface area contributed by atoms with Crippen LogP contribution in [-0.2, 0) is 23.8 Å². The van der Waals surface area contributed by atoms with Crippen LogP contribution in [0.5, 0.6) is 11.5 Å². The van der Waals surface area contributed by atoms with Crippen LogP contribution in [0, 0.1) is 11.8 Å². The van der Waals surface area contributed by atoms with Gasteiger partial charge in [-0.1, -0.05) is 12.1 Å². The van der Waals surface area contributed by atoms with E-state index >= 15 is 0 Å². The largest absolute Gasteiger partial charge is 0.469 e. The topological polar surface area (TPSA) is 80.3 Å². The number of ether oxygens (including phenoxy) is 5. The third-order valence-electron chi connectivity index (χ3n) is 5.24. The van der Waals surface area contributed by atoms with Crippen LogP contribution >= 0.6 is 0 Å². The van der Waals surface area contributed by atoms with Crippen LogP contribution in [0.4, 0.5) is 0 Å². The average molecular weight is 346 g/mol. The Labute approximate surface area is 144 Å². The summed E-state index contributed by atoms with van der Waals surface area (Å²) in [7, 11) is 2.55. The summed E-state index contributed by atoms with van der Waals surface area (Å²) in [5.41, 5.74) is -2.38. The van der Waals surface area contributed by atoms with E-state index in [4.69, 9.17) is 23.7 Å². The zero-order valence-corrected chi connectivity index (χ0v) is 14.3. The van der Waals surface area contributed by atoms with Crippen molar-refractivity contribution in [2.75, 3.05) is 14.2 Å². The number of esters is 2. The third-order valence-corrected chi connectivity index (χ3v) is 5.24. The van der Waals surface area contributed by atoms with Crippen molar-refractivity contribution in [2.45, 2.75) is 25.0 Å². The van der Waals surface area contributed by atoms with E-state index in [9.17, 15) is 9.59 Å². The molecule has 25 heavy (non-hydrogen) atoms. The molecule has 0 amide bonds. The minimum Gasteiger partial charge on any atom is -0.469 e. The van der Waals surface area contributed by atoms with Crippen LogP contribution in [-0.4, -0.2) is 37.4 Å². The zero-order chi connectivity index (χ0) is 18.0. The molecule has 4 rings (SSSR count). The summed E-state index contributed by atoms with van der Waals surface area (Å²) in [5.74, 6) is -1.08. The molecule has 1 fully saturated rings. The second-order valence-electron chi connectivity index (χ2n) is 6.63. The van der Waals surface area contributed by atoms with Gasteiger partial charge in [0.25, 0.3) is 0 Å². The lowest BCUT2D eigenvalue weighted by Gasteiger charge is -2.37. The number of hydrogen-bond acceptors (Lipinski definition) is 7. The van der Waals surface area contributed by atoms with Gasteiger partial charge in [0.05, 0.1) is 14.2 Å². The van der Waals surface area contributed by atoms with E-state index in [0.717, 1.165) is 0 Å². The van der Waals surface area contributed by atoms with Gasteiger partial charge < -0.3 is 23.7 Å². The standard InChI is InChI=1S/C18H18O7/c1-17-11(15(19)21-3)12(16(20)22-4)18(2,25-17)14-13(17)23-9-7-5-6-8-10(9)24-14/h5-8,11-12H,1-4H3. The number of methoxy groups -OCH3 is 2. The summed E-state index contributed by atoms with van der Waals surface area (Å²) in [5, 5.41) is 0. The lowest BCUT2D eigenvalue weighted by Crippen LogP contribution is -2.51. The molecule has 4 atom stereocenters. The van der Waals surface area contributed by atoms with E-state index in [2.05, 4.69) is 0 Å². The van der Waals surface area contributed by atoms with Gasteiger partial charge in [0.1, 0.15) is 23.0 Å². The highest BCUT2D eigenvalue weighted by Gasteiger charge is 2.75. The van der Waals surface area contributed by atoms with Crippen molar-refractivity contribution >= 4 is 11.9 Å². The predicted octanol–water partition coefficient (Wildman–Crippen LogP) is 1.81. The van der Waals surface area contributed by atoms with Gasteiger partial charge in [-0.05, 0) is 26.0 Å². The first-order chi connectivity index (χ1) is 11.9. The number of para-hydroxylation sites is 2. The quantitative estimate of drug-likeness (QED) is 0.756. The van der Waals surface area contributed by atoms with E-state index in [1.165, 1.54) is 14.2 Å². The highest BCUT2D eigenvalue weighted by molar-refractivity contribution is 5.87. The Hall–Kier alpha value is -2.54. The van der Waals surface area contributed by atoms with Crippen LogP contribution in [0.1, 0.15) is 13.8 Å². The number of carbonyl (C=O) groups is 2. The van der Waals surface area contributed by atoms with Gasteiger partial charge in [0.15, 0.2) is 23.0 Å². The van der Waals surface area contributed by atoms with Gasteiger partial charge in [-0.25, -0.2) is 0 Å². The first-order valence-electron chi connectivity index (χ1n) is 7.92. The molecule has 0 saturated carbocycles. The van der Waals surface area contributed by atoms with E-state index in [0.29, 0.717) is 23.0 Å². The molecular formula is C18H18O7. The van der Waals surface area contributed by atoms with Gasteiger partial charge in [-0.15, -0.1) is 0 Å². The predicted molar refractivity (Wildman–Crippen MR) is 83.6 cm³/mol. The van der Waals surface area contributed by atoms with Crippen LogP contribution in [0.2, 0.25) is 0 Å². The maximum Gasteiger partial charge on any atom is 0.313 e. The molecule has 1 aromatic carbocycles. The van der Waals surface area contributed by atoms with E-state index < -0.39 is 35.0 Å². The van der Waals surface area contributed by atoms with Crippen molar-refractivity contribution in [1.29, 1.82) is 0 Å². The normalized spacial score (nSPS) is 34.6. The first kappa shape index (κ1) is 16.0. The molecule has 0 radical (unpaired) electrons. The van der Waals surface area contributed by atoms with Gasteiger partial charge in [-0.2, -0.15) is 0 Å². The molecule has 0 aliphatic carbocycles. The molecule has 0 spiro atoms. The fraction of sp³-hybridized carbons (Fsp3) is 0.444. The summed E-state index contributed by atoms with van der Waals surface area (Å²) in [6.45, 7) is 3.41. The van der Waals surface area contributed by atoms with Gasteiger partial charge in [-0.3, -0.25) is 9.59 Å². The fourth-order valence-electron chi connectivity index (χ4n) is 4.14. The Morgan fingerprint density at radius 3 is 1.64 bits per heavy atom. The van der Waals surface area contributed by atoms with Crippen molar-refractivity contribution in [3.8, 4) is 11.5 Å². The fourth-order valence-corrected chi connectivity index (χ4v) is 4.14. The molecule has 3 aliphatic heterocycles. The Kier molecular flexibility index (Phi) is 3.18. The molecule has 0 N–H and O–H groups in total. The van der Waals surface area contributed by atoms with Gasteiger partial charge in [0.2, 0.25) is 0 Å². The Bertz CT molecular complexity index is 748. The number of fused-ring (bicyclic) bond motifs is 5. The van der Waals surface area contributed by atoms with Crippen molar-refractivity contribution in [1.82, 2.24) is 0 Å². The van der Waals surface area contributed by atoms with Crippen molar-refractivity contribution in [3.63, 3.8) is 0 Å². The highest BCUT2D eigenvalue weighted by atomic mass is 16.6. The molecule has 4 unspecified atom stereocenters. The van der Waals surface area contributed by atoms with Crippen LogP contribution < -0.4 is 9.47 Å². The third kappa shape index (κ3) is 1.84. The van der Waals surface area contributed by atoms with Crippen molar-refractivity contribution in [3.05, 3.63) is 35.8 Å². The molecule has 1 aromatic rings. The lowest BCUT2D eigenvalue weighted by atomic mass is 9.69. The Morgan fingerprint density at radius 1 is 0.880 bits per heavy atom. The number of carbonyl (C=O) groups excluding carboxylic acids is 2. The molecule has 0 aromatic heterocycles. The molecule has 132 valence electrons. The summed E-state index contributed by atoms with van der Waals surface area (Å²) in [4.78, 5) is 24.9. The SMILES string of the molecule is COC(=O)C1C(C(=O)OC)C2(C)OC1(C)C1=C2Oc2ccccc2O1. The number of hydrogen-bond donors (Lipinski definition) is 0. The van der Waals surface area contributed by atoms with E-state index in [1.807, 2.05) is 12.1 Å². The van der Waals surface area contributed by atoms with Crippen LogP contribution in [0.15, 0.2) is 35.8 Å². The number of rotatable bonds is 2. The molecule has 2 bridgehead atoms. The van der Waals surface area contributed by atoms with E-state index in [-0.39, 0.29) is 0 Å². The van der Waals surface area contributed by atoms with Gasteiger partial charge in [0, 0.05) is 0 Å². The second-order valence-corrected chi connectivity index (χ2v) is 6.63. The van der Waals surface area contributed by atoms with Crippen LogP contribution in [0.25, 0.3) is 0 Å². The molecule has 3 aliphatic rings. The molecule has 7 heteroatoms. The molecule has 7 nitrogen and oxygen atoms in total. The zero-order valence-electron chi connectivity index (χ0n) is 14.3. The van der Waals surface area contributed by atoms with Crippen molar-refractivity contribution in [2.24, 2.45) is 11.8 Å². The minimum absolute atomic E-state index is 0.393. The number of benzene rings is 1. The minimum atomic E-state index is -1.19. The average Bonchev–Trinajstić information content (AvgIpc) is 3.00. The summed E-state index contributed by atoms with van der Waals surface area (Å²) in [6.07, 6.45) is 0. The summed E-state index contributed by atoms with van der Waals surface area (Å²) in [6, 6.07) is 7.17. The maximum absolute atomic E-state index is 12.5.